The van der Waals surface area contributed by atoms with Crippen molar-refractivity contribution >= 4 is 28.2 Å². The van der Waals surface area contributed by atoms with E-state index >= 15 is 0 Å². The zero-order valence-electron chi connectivity index (χ0n) is 14.2. The van der Waals surface area contributed by atoms with Crippen molar-refractivity contribution in [1.29, 1.82) is 5.26 Å². The Morgan fingerprint density at radius 2 is 1.96 bits per heavy atom. The summed E-state index contributed by atoms with van der Waals surface area (Å²) in [6, 6.07) is 2.28. The van der Waals surface area contributed by atoms with Gasteiger partial charge in [0.15, 0.2) is 0 Å². The number of nitrogens with one attached hydrogen (secondary N) is 1. The lowest BCUT2D eigenvalue weighted by Gasteiger charge is -2.35. The molecule has 0 bridgehead atoms. The molecule has 0 unspecified atom stereocenters. The summed E-state index contributed by atoms with van der Waals surface area (Å²) >= 11 is 1.53. The number of hydrogen-bond donors (Lipinski definition) is 1. The van der Waals surface area contributed by atoms with E-state index in [2.05, 4.69) is 11.4 Å². The molecule has 1 atom stereocenters. The van der Waals surface area contributed by atoms with Gasteiger partial charge in [0.2, 0.25) is 5.91 Å². The van der Waals surface area contributed by atoms with Gasteiger partial charge in [0, 0.05) is 4.88 Å². The van der Waals surface area contributed by atoms with E-state index in [1.54, 1.807) is 0 Å². The predicted molar refractivity (Wildman–Crippen MR) is 94.3 cm³/mol. The summed E-state index contributed by atoms with van der Waals surface area (Å²) in [6.07, 6.45) is 8.94. The normalized spacial score (nSPS) is 24.4. The Hall–Kier alpha value is -1.87. The van der Waals surface area contributed by atoms with Gasteiger partial charge in [0.1, 0.15) is 16.7 Å². The number of hydrogen-bond acceptors (Lipinski definition) is 5. The van der Waals surface area contributed by atoms with E-state index in [0.29, 0.717) is 10.6 Å². The second kappa shape index (κ2) is 6.45. The van der Waals surface area contributed by atoms with Crippen molar-refractivity contribution in [3.05, 3.63) is 16.0 Å². The zero-order chi connectivity index (χ0) is 17.4. The molecule has 2 aliphatic carbocycles. The van der Waals surface area contributed by atoms with Crippen LogP contribution in [0.15, 0.2) is 0 Å². The standard InChI is InChI=1S/C19H22N2O3S/c20-11-13-12-6-2-3-7-15(12)25-18(13)21-17(23)14-10-16(22)24-19(14)8-4-1-5-9-19/h14H,1-10H2,(H,21,23)/t14-/m1/s1. The monoisotopic (exact) mass is 358 g/mol. The Balaban J connectivity index is 1.59. The van der Waals surface area contributed by atoms with E-state index in [1.807, 2.05) is 0 Å². The molecule has 2 heterocycles. The number of aryl methyl sites for hydroxylation is 1. The number of amides is 1. The Labute approximate surface area is 151 Å². The molecule has 4 rings (SSSR count). The van der Waals surface area contributed by atoms with Gasteiger partial charge in [-0.2, -0.15) is 5.26 Å². The van der Waals surface area contributed by atoms with Crippen LogP contribution in [0.5, 0.6) is 0 Å². The molecule has 132 valence electrons. The second-order valence-electron chi connectivity index (χ2n) is 7.37. The van der Waals surface area contributed by atoms with Crippen LogP contribution in [0, 0.1) is 17.2 Å². The molecule has 1 saturated carbocycles. The third kappa shape index (κ3) is 2.85. The fourth-order valence-electron chi connectivity index (χ4n) is 4.60. The molecule has 1 spiro atoms. The summed E-state index contributed by atoms with van der Waals surface area (Å²) in [5.74, 6) is -0.873. The van der Waals surface area contributed by atoms with Gasteiger partial charge >= 0.3 is 5.97 Å². The first-order valence-electron chi connectivity index (χ1n) is 9.20. The highest BCUT2D eigenvalue weighted by Crippen LogP contribution is 2.45. The highest BCUT2D eigenvalue weighted by Gasteiger charge is 2.53. The number of fused-ring (bicyclic) bond motifs is 1. The summed E-state index contributed by atoms with van der Waals surface area (Å²) < 4.78 is 5.64. The Kier molecular flexibility index (Phi) is 4.28. The average molecular weight is 358 g/mol. The van der Waals surface area contributed by atoms with Crippen molar-refractivity contribution in [2.75, 3.05) is 5.32 Å². The van der Waals surface area contributed by atoms with Gasteiger partial charge in [-0.3, -0.25) is 9.59 Å². The molecule has 6 heteroatoms. The van der Waals surface area contributed by atoms with Crippen LogP contribution >= 0.6 is 11.3 Å². The molecule has 1 aromatic rings. The minimum absolute atomic E-state index is 0.152. The third-order valence-electron chi connectivity index (χ3n) is 5.86. The maximum absolute atomic E-state index is 13.0. The molecular weight excluding hydrogens is 336 g/mol. The molecular formula is C19H22N2O3S. The number of anilines is 1. The van der Waals surface area contributed by atoms with Gasteiger partial charge in [-0.15, -0.1) is 11.3 Å². The third-order valence-corrected chi connectivity index (χ3v) is 7.07. The molecule has 0 radical (unpaired) electrons. The Morgan fingerprint density at radius 1 is 1.20 bits per heavy atom. The lowest BCUT2D eigenvalue weighted by atomic mass is 9.75. The van der Waals surface area contributed by atoms with Crippen molar-refractivity contribution in [3.63, 3.8) is 0 Å². The van der Waals surface area contributed by atoms with Crippen LogP contribution in [0.2, 0.25) is 0 Å². The smallest absolute Gasteiger partial charge is 0.307 e. The Morgan fingerprint density at radius 3 is 2.72 bits per heavy atom. The molecule has 1 saturated heterocycles. The van der Waals surface area contributed by atoms with Gasteiger partial charge < -0.3 is 10.1 Å². The summed E-state index contributed by atoms with van der Waals surface area (Å²) in [5, 5.41) is 13.2. The molecule has 1 aromatic heterocycles. The lowest BCUT2D eigenvalue weighted by molar-refractivity contribution is -0.153. The van der Waals surface area contributed by atoms with Crippen molar-refractivity contribution < 1.29 is 14.3 Å². The van der Waals surface area contributed by atoms with Crippen molar-refractivity contribution in [2.24, 2.45) is 5.92 Å². The maximum atomic E-state index is 13.0. The quantitative estimate of drug-likeness (QED) is 0.818. The SMILES string of the molecule is N#Cc1c(NC(=O)[C@H]2CC(=O)OC23CCCCC3)sc2c1CCCC2. The maximum Gasteiger partial charge on any atom is 0.307 e. The molecule has 2 fully saturated rings. The van der Waals surface area contributed by atoms with E-state index in [1.165, 1.54) is 16.2 Å². The second-order valence-corrected chi connectivity index (χ2v) is 8.48. The summed E-state index contributed by atoms with van der Waals surface area (Å²) in [6.45, 7) is 0. The number of nitrogens with zero attached hydrogens (tertiary/aromatic N) is 1. The number of rotatable bonds is 2. The zero-order valence-corrected chi connectivity index (χ0v) is 15.0. The van der Waals surface area contributed by atoms with Crippen LogP contribution in [0.3, 0.4) is 0 Å². The fourth-order valence-corrected chi connectivity index (χ4v) is 5.84. The van der Waals surface area contributed by atoms with Gasteiger partial charge in [-0.1, -0.05) is 6.42 Å². The van der Waals surface area contributed by atoms with Crippen LogP contribution < -0.4 is 5.32 Å². The molecule has 0 aromatic carbocycles. The van der Waals surface area contributed by atoms with Crippen LogP contribution in [0.1, 0.15) is 67.4 Å². The first-order chi connectivity index (χ1) is 12.1. The highest BCUT2D eigenvalue weighted by molar-refractivity contribution is 7.16. The minimum Gasteiger partial charge on any atom is -0.458 e. The molecule has 3 aliphatic rings. The number of nitriles is 1. The summed E-state index contributed by atoms with van der Waals surface area (Å²) in [4.78, 5) is 26.1. The fraction of sp³-hybridized carbons (Fsp3) is 0.632. The molecule has 1 N–H and O–H groups in total. The molecule has 1 aliphatic heterocycles. The number of thiophene rings is 1. The van der Waals surface area contributed by atoms with Crippen LogP contribution in [-0.2, 0) is 27.2 Å². The van der Waals surface area contributed by atoms with Crippen LogP contribution in [0.4, 0.5) is 5.00 Å². The molecule has 25 heavy (non-hydrogen) atoms. The molecule has 1 amide bonds. The summed E-state index contributed by atoms with van der Waals surface area (Å²) in [7, 11) is 0. The Bertz CT molecular complexity index is 755. The first kappa shape index (κ1) is 16.6. The van der Waals surface area contributed by atoms with E-state index in [4.69, 9.17) is 4.74 Å². The van der Waals surface area contributed by atoms with Crippen molar-refractivity contribution in [2.45, 2.75) is 69.8 Å². The van der Waals surface area contributed by atoms with Gasteiger partial charge in [-0.25, -0.2) is 0 Å². The highest BCUT2D eigenvalue weighted by atomic mass is 32.1. The first-order valence-corrected chi connectivity index (χ1v) is 10.0. The number of ether oxygens (including phenoxy) is 1. The summed E-state index contributed by atoms with van der Waals surface area (Å²) in [5.41, 5.74) is 1.11. The van der Waals surface area contributed by atoms with E-state index in [-0.39, 0.29) is 18.3 Å². The number of carbonyl (C=O) groups is 2. The number of esters is 1. The lowest BCUT2D eigenvalue weighted by Crippen LogP contribution is -2.43. The minimum atomic E-state index is -0.622. The largest absolute Gasteiger partial charge is 0.458 e. The van der Waals surface area contributed by atoms with Gasteiger partial charge in [0.05, 0.1) is 17.9 Å². The van der Waals surface area contributed by atoms with E-state index < -0.39 is 11.5 Å². The van der Waals surface area contributed by atoms with Gasteiger partial charge in [-0.05, 0) is 56.9 Å². The average Bonchev–Trinajstić information content (AvgIpc) is 3.12. The van der Waals surface area contributed by atoms with Gasteiger partial charge in [0.25, 0.3) is 0 Å². The van der Waals surface area contributed by atoms with E-state index in [0.717, 1.165) is 63.4 Å². The predicted octanol–water partition coefficient (Wildman–Crippen LogP) is 3.70. The van der Waals surface area contributed by atoms with Crippen LogP contribution in [0.25, 0.3) is 0 Å². The van der Waals surface area contributed by atoms with Crippen molar-refractivity contribution in [3.8, 4) is 6.07 Å². The number of carbonyl (C=O) groups excluding carboxylic acids is 2. The topological polar surface area (TPSA) is 79.2 Å². The van der Waals surface area contributed by atoms with E-state index in [9.17, 15) is 14.9 Å². The molecule has 5 nitrogen and oxygen atoms in total. The van der Waals surface area contributed by atoms with Crippen LogP contribution in [-0.4, -0.2) is 17.5 Å². The van der Waals surface area contributed by atoms with Crippen molar-refractivity contribution in [1.82, 2.24) is 0 Å².